The van der Waals surface area contributed by atoms with Gasteiger partial charge in [-0.25, -0.2) is 14.6 Å². The van der Waals surface area contributed by atoms with Crippen molar-refractivity contribution >= 4 is 17.8 Å². The Labute approximate surface area is 197 Å². The fraction of sp³-hybridized carbons (Fsp3) is 0.375. The van der Waals surface area contributed by atoms with Crippen molar-refractivity contribution in [1.82, 2.24) is 9.88 Å². The first-order valence-electron chi connectivity index (χ1n) is 10.9. The van der Waals surface area contributed by atoms with Crippen LogP contribution >= 0.6 is 0 Å². The lowest BCUT2D eigenvalue weighted by Crippen LogP contribution is -2.57. The Morgan fingerprint density at radius 3 is 2.24 bits per heavy atom. The maximum Gasteiger partial charge on any atom is 0.328 e. The number of nitrogens with zero attached hydrogens (tertiary/aromatic N) is 3. The van der Waals surface area contributed by atoms with E-state index in [2.05, 4.69) is 14.8 Å². The molecule has 4 rings (SSSR count). The number of aliphatic hydroxyl groups is 1. The predicted molar refractivity (Wildman–Crippen MR) is 124 cm³/mol. The molecule has 0 spiro atoms. The van der Waals surface area contributed by atoms with Gasteiger partial charge in [-0.3, -0.25) is 4.90 Å². The number of anilines is 1. The molecule has 182 valence electrons. The van der Waals surface area contributed by atoms with Gasteiger partial charge in [-0.05, 0) is 31.2 Å². The van der Waals surface area contributed by atoms with Gasteiger partial charge in [-0.2, -0.15) is 0 Å². The monoisotopic (exact) mass is 471 g/mol. The van der Waals surface area contributed by atoms with E-state index < -0.39 is 23.6 Å². The van der Waals surface area contributed by atoms with Crippen LogP contribution in [0.1, 0.15) is 6.92 Å². The number of pyridine rings is 1. The fourth-order valence-corrected chi connectivity index (χ4v) is 3.60. The van der Waals surface area contributed by atoms with Gasteiger partial charge in [-0.1, -0.05) is 18.2 Å². The highest BCUT2D eigenvalue weighted by molar-refractivity contribution is 5.89. The molecule has 2 unspecified atom stereocenters. The highest BCUT2D eigenvalue weighted by atomic mass is 16.6. The van der Waals surface area contributed by atoms with Crippen molar-refractivity contribution in [2.24, 2.45) is 0 Å². The first-order chi connectivity index (χ1) is 16.3. The second-order valence-electron chi connectivity index (χ2n) is 8.15. The number of carbonyl (C=O) groups is 2. The minimum absolute atomic E-state index is 0.346. The summed E-state index contributed by atoms with van der Waals surface area (Å²) in [5, 5.41) is 26.4. The maximum atomic E-state index is 10.8. The van der Waals surface area contributed by atoms with E-state index >= 15 is 0 Å². The highest BCUT2D eigenvalue weighted by Gasteiger charge is 2.41. The summed E-state index contributed by atoms with van der Waals surface area (Å²) in [7, 11) is 0. The average molecular weight is 472 g/mol. The fourth-order valence-electron chi connectivity index (χ4n) is 3.60. The van der Waals surface area contributed by atoms with Crippen LogP contribution in [-0.4, -0.2) is 88.2 Å². The lowest BCUT2D eigenvalue weighted by atomic mass is 9.97. The second kappa shape index (κ2) is 11.5. The summed E-state index contributed by atoms with van der Waals surface area (Å²) in [6.45, 7) is 6.42. The van der Waals surface area contributed by atoms with Crippen molar-refractivity contribution in [1.29, 1.82) is 0 Å². The standard InChI is InChI=1S/C20H25N3O3.C4H4O4/c1-20(15-25-16-6-2-3-7-17(16)26-20)18(24)14-22-10-12-23(13-11-22)19-8-4-5-9-21-19;5-3(6)1-2-4(7)8/h2-9,18,24H,10-15H2,1H3;1-2H,(H,5,6)(H,7,8)/b;2-1-. The highest BCUT2D eigenvalue weighted by Crippen LogP contribution is 2.36. The van der Waals surface area contributed by atoms with Crippen LogP contribution in [0.3, 0.4) is 0 Å². The first kappa shape index (κ1) is 25.0. The molecule has 3 N–H and O–H groups in total. The van der Waals surface area contributed by atoms with E-state index in [1.54, 1.807) is 0 Å². The number of aromatic nitrogens is 1. The molecular formula is C24H29N3O7. The zero-order chi connectivity index (χ0) is 24.6. The van der Waals surface area contributed by atoms with Crippen molar-refractivity contribution in [3.63, 3.8) is 0 Å². The number of carboxylic acids is 2. The van der Waals surface area contributed by atoms with E-state index in [1.807, 2.05) is 55.6 Å². The summed E-state index contributed by atoms with van der Waals surface area (Å²) >= 11 is 0. The number of fused-ring (bicyclic) bond motifs is 1. The van der Waals surface area contributed by atoms with Crippen LogP contribution < -0.4 is 14.4 Å². The molecule has 0 bridgehead atoms. The van der Waals surface area contributed by atoms with Gasteiger partial charge in [0.05, 0.1) is 0 Å². The second-order valence-corrected chi connectivity index (χ2v) is 8.15. The Hall–Kier alpha value is -3.63. The number of para-hydroxylation sites is 2. The summed E-state index contributed by atoms with van der Waals surface area (Å²) in [6.07, 6.45) is 2.31. The molecule has 10 nitrogen and oxygen atoms in total. The molecule has 0 amide bonds. The smallest absolute Gasteiger partial charge is 0.328 e. The molecule has 1 aromatic carbocycles. The van der Waals surface area contributed by atoms with Gasteiger partial charge < -0.3 is 29.7 Å². The SMILES string of the molecule is CC1(C(O)CN2CCN(c3ccccn3)CC2)COc2ccccc2O1.O=C(O)/C=C\C(=O)O. The molecule has 2 aromatic rings. The number of carboxylic acid groups (broad SMARTS) is 2. The summed E-state index contributed by atoms with van der Waals surface area (Å²) in [5.74, 6) is -0.0681. The Morgan fingerprint density at radius 2 is 1.65 bits per heavy atom. The third-order valence-corrected chi connectivity index (χ3v) is 5.56. The zero-order valence-electron chi connectivity index (χ0n) is 18.9. The van der Waals surface area contributed by atoms with Gasteiger partial charge in [0.15, 0.2) is 17.1 Å². The summed E-state index contributed by atoms with van der Waals surface area (Å²) < 4.78 is 11.9. The molecule has 0 radical (unpaired) electrons. The lowest BCUT2D eigenvalue weighted by Gasteiger charge is -2.42. The minimum Gasteiger partial charge on any atom is -0.485 e. The van der Waals surface area contributed by atoms with Crippen LogP contribution in [0.4, 0.5) is 5.82 Å². The van der Waals surface area contributed by atoms with Gasteiger partial charge in [0, 0.05) is 51.1 Å². The largest absolute Gasteiger partial charge is 0.485 e. The molecule has 2 aliphatic rings. The van der Waals surface area contributed by atoms with Crippen LogP contribution in [0.25, 0.3) is 0 Å². The van der Waals surface area contributed by atoms with E-state index in [1.165, 1.54) is 0 Å². The number of ether oxygens (including phenoxy) is 2. The lowest BCUT2D eigenvalue weighted by molar-refractivity contribution is -0.134. The molecule has 0 aliphatic carbocycles. The summed E-state index contributed by atoms with van der Waals surface area (Å²) in [6, 6.07) is 13.6. The number of piperazine rings is 1. The van der Waals surface area contributed by atoms with Gasteiger partial charge in [0.25, 0.3) is 0 Å². The van der Waals surface area contributed by atoms with Crippen LogP contribution in [0, 0.1) is 0 Å². The molecule has 3 heterocycles. The summed E-state index contributed by atoms with van der Waals surface area (Å²) in [4.78, 5) is 28.1. The van der Waals surface area contributed by atoms with Gasteiger partial charge in [-0.15, -0.1) is 0 Å². The quantitative estimate of drug-likeness (QED) is 0.533. The Morgan fingerprint density at radius 1 is 1.03 bits per heavy atom. The van der Waals surface area contributed by atoms with Crippen molar-refractivity contribution in [3.8, 4) is 11.5 Å². The molecule has 1 aromatic heterocycles. The van der Waals surface area contributed by atoms with E-state index in [0.717, 1.165) is 37.7 Å². The Bertz CT molecular complexity index is 977. The number of aliphatic hydroxyl groups excluding tert-OH is 1. The molecule has 1 saturated heterocycles. The normalized spacial score (nSPS) is 20.8. The van der Waals surface area contributed by atoms with Gasteiger partial charge in [0.1, 0.15) is 18.5 Å². The maximum absolute atomic E-state index is 10.8. The number of β-amino-alcohol motifs (C(OH)–C–C–N with tert-alkyl or cyclic N) is 1. The van der Waals surface area contributed by atoms with Crippen LogP contribution in [-0.2, 0) is 9.59 Å². The van der Waals surface area contributed by atoms with Gasteiger partial charge in [0.2, 0.25) is 0 Å². The molecule has 1 fully saturated rings. The third kappa shape index (κ3) is 6.93. The topological polar surface area (TPSA) is 133 Å². The van der Waals surface area contributed by atoms with Crippen LogP contribution in [0.5, 0.6) is 11.5 Å². The minimum atomic E-state index is -1.26. The van der Waals surface area contributed by atoms with Crippen molar-refractivity contribution in [2.45, 2.75) is 18.6 Å². The molecule has 2 atom stereocenters. The molecule has 2 aliphatic heterocycles. The predicted octanol–water partition coefficient (Wildman–Crippen LogP) is 1.51. The molecular weight excluding hydrogens is 442 g/mol. The number of benzene rings is 1. The van der Waals surface area contributed by atoms with Crippen molar-refractivity contribution in [2.75, 3.05) is 44.2 Å². The van der Waals surface area contributed by atoms with Crippen LogP contribution in [0.15, 0.2) is 60.8 Å². The van der Waals surface area contributed by atoms with Crippen molar-refractivity contribution < 1.29 is 34.4 Å². The number of hydrogen-bond donors (Lipinski definition) is 3. The van der Waals surface area contributed by atoms with E-state index in [9.17, 15) is 14.7 Å². The van der Waals surface area contributed by atoms with E-state index in [0.29, 0.717) is 31.1 Å². The molecule has 0 saturated carbocycles. The van der Waals surface area contributed by atoms with E-state index in [-0.39, 0.29) is 0 Å². The van der Waals surface area contributed by atoms with Gasteiger partial charge >= 0.3 is 11.9 Å². The first-order valence-corrected chi connectivity index (χ1v) is 10.9. The number of aliphatic carboxylic acids is 2. The number of rotatable bonds is 6. The van der Waals surface area contributed by atoms with E-state index in [4.69, 9.17) is 19.7 Å². The molecule has 34 heavy (non-hydrogen) atoms. The Kier molecular flexibility index (Phi) is 8.44. The number of hydrogen-bond acceptors (Lipinski definition) is 8. The third-order valence-electron chi connectivity index (χ3n) is 5.56. The summed E-state index contributed by atoms with van der Waals surface area (Å²) in [5.41, 5.74) is -0.744. The molecule has 10 heteroatoms. The Balaban J connectivity index is 0.000000350. The van der Waals surface area contributed by atoms with Crippen LogP contribution in [0.2, 0.25) is 0 Å². The average Bonchev–Trinajstić information content (AvgIpc) is 2.84. The van der Waals surface area contributed by atoms with Crippen molar-refractivity contribution in [3.05, 3.63) is 60.8 Å². The zero-order valence-corrected chi connectivity index (χ0v) is 18.9.